The first-order valence-corrected chi connectivity index (χ1v) is 6.52. The zero-order chi connectivity index (χ0) is 13.4. The number of carbonyl (C=O) groups excluding carboxylic acids is 1. The van der Waals surface area contributed by atoms with Crippen molar-refractivity contribution in [2.75, 3.05) is 0 Å². The van der Waals surface area contributed by atoms with Crippen LogP contribution in [0.15, 0.2) is 12.1 Å². The standard InChI is InChI=1S/C12H16N4O3.ClH/c17-12(10-3-4-11(15-10)16(18)19)14-9-5-7-1-2-8(6-9)13-7;/h3-4,7-9,13,15H,1-2,5-6H2,(H,14,17);1H. The summed E-state index contributed by atoms with van der Waals surface area (Å²) in [6.45, 7) is 0. The summed E-state index contributed by atoms with van der Waals surface area (Å²) in [5, 5.41) is 17.0. The van der Waals surface area contributed by atoms with Crippen LogP contribution in [-0.2, 0) is 0 Å². The summed E-state index contributed by atoms with van der Waals surface area (Å²) in [4.78, 5) is 24.5. The highest BCUT2D eigenvalue weighted by Gasteiger charge is 2.34. The summed E-state index contributed by atoms with van der Waals surface area (Å²) in [7, 11) is 0. The fourth-order valence-corrected chi connectivity index (χ4v) is 3.06. The number of piperidine rings is 1. The van der Waals surface area contributed by atoms with Crippen molar-refractivity contribution in [1.29, 1.82) is 0 Å². The van der Waals surface area contributed by atoms with Gasteiger partial charge in [0.05, 0.1) is 0 Å². The van der Waals surface area contributed by atoms with Gasteiger partial charge in [-0.1, -0.05) is 0 Å². The Morgan fingerprint density at radius 3 is 2.50 bits per heavy atom. The molecule has 3 rings (SSSR count). The van der Waals surface area contributed by atoms with E-state index in [1.54, 1.807) is 0 Å². The lowest BCUT2D eigenvalue weighted by Crippen LogP contribution is -2.48. The number of rotatable bonds is 3. The number of aromatic nitrogens is 1. The zero-order valence-electron chi connectivity index (χ0n) is 10.8. The predicted molar refractivity (Wildman–Crippen MR) is 75.1 cm³/mol. The number of H-pyrrole nitrogens is 1. The Labute approximate surface area is 122 Å². The monoisotopic (exact) mass is 300 g/mol. The Morgan fingerprint density at radius 2 is 1.95 bits per heavy atom. The average molecular weight is 301 g/mol. The number of nitrogens with one attached hydrogen (secondary N) is 3. The van der Waals surface area contributed by atoms with Gasteiger partial charge in [-0.2, -0.15) is 0 Å². The van der Waals surface area contributed by atoms with Gasteiger partial charge in [-0.05, 0) is 36.7 Å². The van der Waals surface area contributed by atoms with Crippen molar-refractivity contribution in [2.24, 2.45) is 0 Å². The summed E-state index contributed by atoms with van der Waals surface area (Å²) in [6.07, 6.45) is 4.21. The molecule has 0 aliphatic carbocycles. The van der Waals surface area contributed by atoms with Crippen LogP contribution in [0.4, 0.5) is 5.82 Å². The number of hydrogen-bond donors (Lipinski definition) is 3. The minimum absolute atomic E-state index is 0. The first-order chi connectivity index (χ1) is 9.11. The van der Waals surface area contributed by atoms with Crippen LogP contribution in [0.1, 0.15) is 36.2 Å². The number of nitrogens with zero attached hydrogens (tertiary/aromatic N) is 1. The van der Waals surface area contributed by atoms with Crippen LogP contribution in [0.25, 0.3) is 0 Å². The fourth-order valence-electron chi connectivity index (χ4n) is 3.06. The van der Waals surface area contributed by atoms with E-state index in [1.807, 2.05) is 0 Å². The molecule has 2 atom stereocenters. The van der Waals surface area contributed by atoms with E-state index in [2.05, 4.69) is 15.6 Å². The number of nitro groups is 1. The molecular formula is C12H17ClN4O3. The van der Waals surface area contributed by atoms with E-state index >= 15 is 0 Å². The molecule has 2 aliphatic heterocycles. The van der Waals surface area contributed by atoms with Crippen molar-refractivity contribution in [3.63, 3.8) is 0 Å². The molecule has 110 valence electrons. The molecule has 0 saturated carbocycles. The third-order valence-corrected chi connectivity index (χ3v) is 3.92. The largest absolute Gasteiger partial charge is 0.358 e. The van der Waals surface area contributed by atoms with E-state index in [4.69, 9.17) is 0 Å². The lowest BCUT2D eigenvalue weighted by atomic mass is 10.00. The molecule has 8 heteroatoms. The Hall–Kier alpha value is -1.60. The van der Waals surface area contributed by atoms with E-state index in [0.29, 0.717) is 12.1 Å². The van der Waals surface area contributed by atoms with Crippen LogP contribution in [0, 0.1) is 10.1 Å². The third-order valence-electron chi connectivity index (χ3n) is 3.92. The lowest BCUT2D eigenvalue weighted by Gasteiger charge is -2.29. The Morgan fingerprint density at radius 1 is 1.30 bits per heavy atom. The van der Waals surface area contributed by atoms with Crippen molar-refractivity contribution in [1.82, 2.24) is 15.6 Å². The van der Waals surface area contributed by atoms with Crippen molar-refractivity contribution in [3.05, 3.63) is 27.9 Å². The van der Waals surface area contributed by atoms with Crippen LogP contribution < -0.4 is 10.6 Å². The number of halogens is 1. The summed E-state index contributed by atoms with van der Waals surface area (Å²) in [6, 6.07) is 3.92. The van der Waals surface area contributed by atoms with Crippen LogP contribution in [0.5, 0.6) is 0 Å². The molecule has 3 heterocycles. The second kappa shape index (κ2) is 5.80. The molecule has 2 unspecified atom stereocenters. The number of hydrogen-bond acceptors (Lipinski definition) is 4. The Kier molecular flexibility index (Phi) is 4.29. The van der Waals surface area contributed by atoms with Crippen LogP contribution in [0.2, 0.25) is 0 Å². The topological polar surface area (TPSA) is 100 Å². The number of fused-ring (bicyclic) bond motifs is 2. The molecule has 0 aromatic carbocycles. The van der Waals surface area contributed by atoms with Crippen LogP contribution in [-0.4, -0.2) is 33.9 Å². The van der Waals surface area contributed by atoms with Gasteiger partial charge in [0.15, 0.2) is 5.69 Å². The van der Waals surface area contributed by atoms with E-state index in [-0.39, 0.29) is 35.9 Å². The van der Waals surface area contributed by atoms with Gasteiger partial charge in [0, 0.05) is 24.2 Å². The fraction of sp³-hybridized carbons (Fsp3) is 0.583. The maximum Gasteiger partial charge on any atom is 0.321 e. The molecule has 0 spiro atoms. The molecule has 20 heavy (non-hydrogen) atoms. The van der Waals surface area contributed by atoms with E-state index in [1.165, 1.54) is 25.0 Å². The first-order valence-electron chi connectivity index (χ1n) is 6.52. The molecule has 1 aromatic heterocycles. The van der Waals surface area contributed by atoms with Gasteiger partial charge < -0.3 is 20.7 Å². The van der Waals surface area contributed by atoms with Crippen LogP contribution >= 0.6 is 12.4 Å². The summed E-state index contributed by atoms with van der Waals surface area (Å²) in [5.41, 5.74) is 0.248. The second-order valence-electron chi connectivity index (χ2n) is 5.29. The zero-order valence-corrected chi connectivity index (χ0v) is 11.6. The summed E-state index contributed by atoms with van der Waals surface area (Å²) < 4.78 is 0. The normalized spacial score (nSPS) is 27.7. The van der Waals surface area contributed by atoms with Gasteiger partial charge >= 0.3 is 5.82 Å². The minimum atomic E-state index is -0.540. The number of carbonyl (C=O) groups is 1. The molecule has 7 nitrogen and oxygen atoms in total. The Balaban J connectivity index is 0.00000147. The van der Waals surface area contributed by atoms with Crippen molar-refractivity contribution >= 4 is 24.1 Å². The smallest absolute Gasteiger partial charge is 0.321 e. The van der Waals surface area contributed by atoms with E-state index in [0.717, 1.165) is 12.8 Å². The summed E-state index contributed by atoms with van der Waals surface area (Å²) >= 11 is 0. The van der Waals surface area contributed by atoms with Gasteiger partial charge in [-0.25, -0.2) is 4.98 Å². The SMILES string of the molecule is Cl.O=C(NC1CC2CCC(C1)N2)c1ccc([N+](=O)[O-])[nH]1. The van der Waals surface area contributed by atoms with E-state index in [9.17, 15) is 14.9 Å². The summed E-state index contributed by atoms with van der Waals surface area (Å²) in [5.74, 6) is -0.421. The minimum Gasteiger partial charge on any atom is -0.358 e. The molecule has 2 aliphatic rings. The maximum absolute atomic E-state index is 12.0. The lowest BCUT2D eigenvalue weighted by molar-refractivity contribution is -0.389. The van der Waals surface area contributed by atoms with Gasteiger partial charge in [0.1, 0.15) is 0 Å². The van der Waals surface area contributed by atoms with Crippen molar-refractivity contribution < 1.29 is 9.72 Å². The number of aromatic amines is 1. The highest BCUT2D eigenvalue weighted by Crippen LogP contribution is 2.26. The predicted octanol–water partition coefficient (Wildman–Crippen LogP) is 1.36. The maximum atomic E-state index is 12.0. The van der Waals surface area contributed by atoms with Crippen molar-refractivity contribution in [2.45, 2.75) is 43.8 Å². The van der Waals surface area contributed by atoms with Crippen LogP contribution in [0.3, 0.4) is 0 Å². The quantitative estimate of drug-likeness (QED) is 0.579. The van der Waals surface area contributed by atoms with Crippen molar-refractivity contribution in [3.8, 4) is 0 Å². The first kappa shape index (κ1) is 14.8. The molecule has 0 radical (unpaired) electrons. The van der Waals surface area contributed by atoms with Gasteiger partial charge in [0.25, 0.3) is 5.91 Å². The molecule has 1 amide bonds. The highest BCUT2D eigenvalue weighted by atomic mass is 35.5. The molecule has 2 saturated heterocycles. The molecule has 1 aromatic rings. The number of amides is 1. The van der Waals surface area contributed by atoms with Gasteiger partial charge in [0.2, 0.25) is 0 Å². The highest BCUT2D eigenvalue weighted by molar-refractivity contribution is 5.93. The van der Waals surface area contributed by atoms with Gasteiger partial charge in [-0.15, -0.1) is 12.4 Å². The second-order valence-corrected chi connectivity index (χ2v) is 5.29. The van der Waals surface area contributed by atoms with E-state index < -0.39 is 4.92 Å². The molecule has 2 fully saturated rings. The Bertz CT molecular complexity index is 507. The molecule has 3 N–H and O–H groups in total. The van der Waals surface area contributed by atoms with Gasteiger partial charge in [-0.3, -0.25) is 4.79 Å². The molecular weight excluding hydrogens is 284 g/mol. The third kappa shape index (κ3) is 2.94. The average Bonchev–Trinajstić information content (AvgIpc) is 2.96. The molecule has 2 bridgehead atoms.